The third-order valence-electron chi connectivity index (χ3n) is 3.15. The van der Waals surface area contributed by atoms with E-state index in [0.29, 0.717) is 6.42 Å². The van der Waals surface area contributed by atoms with Gasteiger partial charge in [-0.3, -0.25) is 4.79 Å². The van der Waals surface area contributed by atoms with E-state index in [4.69, 9.17) is 4.74 Å². The number of ether oxygens (including phenoxy) is 1. The maximum Gasteiger partial charge on any atom is 0.331 e. The molecule has 1 fully saturated rings. The second kappa shape index (κ2) is 7.22. The summed E-state index contributed by atoms with van der Waals surface area (Å²) in [5.74, 6) is -1.10. The van der Waals surface area contributed by atoms with Gasteiger partial charge in [0.25, 0.3) is 5.91 Å². The van der Waals surface area contributed by atoms with Gasteiger partial charge < -0.3 is 10.1 Å². The number of hydrogen-bond acceptors (Lipinski definition) is 5. The zero-order chi connectivity index (χ0) is 16.0. The van der Waals surface area contributed by atoms with Crippen molar-refractivity contribution in [3.8, 4) is 0 Å². The molecule has 6 nitrogen and oxygen atoms in total. The number of benzene rings is 1. The van der Waals surface area contributed by atoms with Crippen molar-refractivity contribution in [2.24, 2.45) is 0 Å². The molecule has 1 amide bonds. The Morgan fingerprint density at radius 3 is 2.64 bits per heavy atom. The zero-order valence-electron chi connectivity index (χ0n) is 11.9. The molecule has 1 saturated heterocycles. The fourth-order valence-electron chi connectivity index (χ4n) is 2.09. The molecule has 1 unspecified atom stereocenters. The van der Waals surface area contributed by atoms with E-state index in [9.17, 15) is 18.0 Å². The molecular formula is C15H17NO5S. The van der Waals surface area contributed by atoms with E-state index in [1.807, 2.05) is 30.3 Å². The first-order chi connectivity index (χ1) is 10.4. The van der Waals surface area contributed by atoms with E-state index in [1.54, 1.807) is 6.08 Å². The van der Waals surface area contributed by atoms with Crippen LogP contribution < -0.4 is 5.32 Å². The fraction of sp³-hybridized carbons (Fsp3) is 0.333. The van der Waals surface area contributed by atoms with Crippen molar-refractivity contribution in [1.29, 1.82) is 0 Å². The summed E-state index contributed by atoms with van der Waals surface area (Å²) in [6.07, 6.45) is 3.22. The topological polar surface area (TPSA) is 89.5 Å². The smallest absolute Gasteiger partial charge is 0.331 e. The minimum Gasteiger partial charge on any atom is -0.452 e. The van der Waals surface area contributed by atoms with E-state index in [-0.39, 0.29) is 11.5 Å². The molecule has 1 aliphatic heterocycles. The largest absolute Gasteiger partial charge is 0.452 e. The molecule has 0 spiro atoms. The molecule has 7 heteroatoms. The van der Waals surface area contributed by atoms with Gasteiger partial charge in [-0.2, -0.15) is 0 Å². The van der Waals surface area contributed by atoms with Gasteiger partial charge in [-0.15, -0.1) is 0 Å². The molecule has 1 aromatic carbocycles. The Labute approximate surface area is 129 Å². The van der Waals surface area contributed by atoms with Gasteiger partial charge in [-0.05, 0) is 18.1 Å². The maximum absolute atomic E-state index is 11.6. The lowest BCUT2D eigenvalue weighted by atomic mass is 10.2. The summed E-state index contributed by atoms with van der Waals surface area (Å²) in [5, 5.41) is 2.54. The summed E-state index contributed by atoms with van der Waals surface area (Å²) < 4.78 is 27.3. The van der Waals surface area contributed by atoms with Crippen LogP contribution in [0.1, 0.15) is 12.0 Å². The lowest BCUT2D eigenvalue weighted by Gasteiger charge is -2.10. The second-order valence-electron chi connectivity index (χ2n) is 5.02. The molecule has 22 heavy (non-hydrogen) atoms. The first-order valence-corrected chi connectivity index (χ1v) is 8.66. The summed E-state index contributed by atoms with van der Waals surface area (Å²) >= 11 is 0. The Hall–Kier alpha value is -2.15. The van der Waals surface area contributed by atoms with Crippen LogP contribution in [0, 0.1) is 0 Å². The minimum absolute atomic E-state index is 0.0550. The SMILES string of the molecule is O=C(COC(=O)/C=C/c1ccccc1)NC1CCS(=O)(=O)C1. The third kappa shape index (κ3) is 5.33. The Morgan fingerprint density at radius 2 is 2.00 bits per heavy atom. The average molecular weight is 323 g/mol. The molecule has 0 bridgehead atoms. The Bertz CT molecular complexity index is 666. The van der Waals surface area contributed by atoms with E-state index in [1.165, 1.54) is 6.08 Å². The Kier molecular flexibility index (Phi) is 5.32. The predicted molar refractivity (Wildman–Crippen MR) is 81.6 cm³/mol. The lowest BCUT2D eigenvalue weighted by molar-refractivity contribution is -0.143. The maximum atomic E-state index is 11.6. The highest BCUT2D eigenvalue weighted by Crippen LogP contribution is 2.10. The summed E-state index contributed by atoms with van der Waals surface area (Å²) in [4.78, 5) is 23.1. The van der Waals surface area contributed by atoms with E-state index in [2.05, 4.69) is 5.32 Å². The molecule has 0 saturated carbocycles. The van der Waals surface area contributed by atoms with E-state index < -0.39 is 34.4 Å². The fourth-order valence-corrected chi connectivity index (χ4v) is 3.76. The first-order valence-electron chi connectivity index (χ1n) is 6.84. The minimum atomic E-state index is -3.05. The first kappa shape index (κ1) is 16.2. The van der Waals surface area contributed by atoms with Crippen LogP contribution in [0.2, 0.25) is 0 Å². The molecular weight excluding hydrogens is 306 g/mol. The van der Waals surface area contributed by atoms with Gasteiger partial charge in [0.1, 0.15) is 0 Å². The number of rotatable bonds is 5. The van der Waals surface area contributed by atoms with Crippen molar-refractivity contribution in [1.82, 2.24) is 5.32 Å². The van der Waals surface area contributed by atoms with Gasteiger partial charge in [0.2, 0.25) is 0 Å². The van der Waals surface area contributed by atoms with Gasteiger partial charge in [0, 0.05) is 12.1 Å². The van der Waals surface area contributed by atoms with Gasteiger partial charge >= 0.3 is 5.97 Å². The molecule has 118 valence electrons. The summed E-state index contributed by atoms with van der Waals surface area (Å²) in [7, 11) is -3.05. The Balaban J connectivity index is 1.72. The molecule has 0 aromatic heterocycles. The molecule has 1 aromatic rings. The lowest BCUT2D eigenvalue weighted by Crippen LogP contribution is -2.38. The molecule has 1 atom stereocenters. The highest BCUT2D eigenvalue weighted by atomic mass is 32.2. The number of hydrogen-bond donors (Lipinski definition) is 1. The van der Waals surface area contributed by atoms with Crippen molar-refractivity contribution in [3.05, 3.63) is 42.0 Å². The highest BCUT2D eigenvalue weighted by molar-refractivity contribution is 7.91. The van der Waals surface area contributed by atoms with Crippen molar-refractivity contribution >= 4 is 27.8 Å². The van der Waals surface area contributed by atoms with Crippen molar-refractivity contribution in [3.63, 3.8) is 0 Å². The van der Waals surface area contributed by atoms with Gasteiger partial charge in [-0.25, -0.2) is 13.2 Å². The number of amides is 1. The predicted octanol–water partition coefficient (Wildman–Crippen LogP) is 0.546. The summed E-state index contributed by atoms with van der Waals surface area (Å²) in [5.41, 5.74) is 0.847. The monoisotopic (exact) mass is 323 g/mol. The van der Waals surface area contributed by atoms with Crippen LogP contribution in [0.25, 0.3) is 6.08 Å². The normalized spacial score (nSPS) is 19.9. The zero-order valence-corrected chi connectivity index (χ0v) is 12.7. The number of esters is 1. The van der Waals surface area contributed by atoms with Gasteiger partial charge in [0.15, 0.2) is 16.4 Å². The summed E-state index contributed by atoms with van der Waals surface area (Å²) in [6, 6.07) is 8.82. The van der Waals surface area contributed by atoms with Crippen molar-refractivity contribution in [2.45, 2.75) is 12.5 Å². The van der Waals surface area contributed by atoms with Crippen LogP contribution in [0.4, 0.5) is 0 Å². The molecule has 1 N–H and O–H groups in total. The van der Waals surface area contributed by atoms with Crippen LogP contribution in [-0.2, 0) is 24.2 Å². The number of carbonyl (C=O) groups excluding carboxylic acids is 2. The summed E-state index contributed by atoms with van der Waals surface area (Å²) in [6.45, 7) is -0.422. The van der Waals surface area contributed by atoms with E-state index >= 15 is 0 Å². The third-order valence-corrected chi connectivity index (χ3v) is 4.92. The standard InChI is InChI=1S/C15H17NO5S/c17-14(16-13-8-9-22(19,20)11-13)10-21-15(18)7-6-12-4-2-1-3-5-12/h1-7,13H,8-11H2,(H,16,17)/b7-6+. The second-order valence-corrected chi connectivity index (χ2v) is 7.25. The van der Waals surface area contributed by atoms with Crippen LogP contribution in [0.15, 0.2) is 36.4 Å². The average Bonchev–Trinajstić information content (AvgIpc) is 2.83. The molecule has 2 rings (SSSR count). The Morgan fingerprint density at radius 1 is 1.27 bits per heavy atom. The molecule has 1 aliphatic rings. The highest BCUT2D eigenvalue weighted by Gasteiger charge is 2.28. The van der Waals surface area contributed by atoms with Crippen molar-refractivity contribution < 1.29 is 22.7 Å². The van der Waals surface area contributed by atoms with Crippen LogP contribution >= 0.6 is 0 Å². The van der Waals surface area contributed by atoms with Crippen LogP contribution in [0.5, 0.6) is 0 Å². The van der Waals surface area contributed by atoms with E-state index in [0.717, 1.165) is 5.56 Å². The molecule has 1 heterocycles. The van der Waals surface area contributed by atoms with Crippen molar-refractivity contribution in [2.75, 3.05) is 18.1 Å². The molecule has 0 radical (unpaired) electrons. The number of nitrogens with one attached hydrogen (secondary N) is 1. The molecule has 0 aliphatic carbocycles. The van der Waals surface area contributed by atoms with Gasteiger partial charge in [-0.1, -0.05) is 30.3 Å². The number of carbonyl (C=O) groups is 2. The van der Waals surface area contributed by atoms with Crippen LogP contribution in [0.3, 0.4) is 0 Å². The number of sulfone groups is 1. The quantitative estimate of drug-likeness (QED) is 0.631. The van der Waals surface area contributed by atoms with Gasteiger partial charge in [0.05, 0.1) is 11.5 Å². The van der Waals surface area contributed by atoms with Crippen LogP contribution in [-0.4, -0.2) is 44.4 Å².